The number of likely N-dealkylation sites (N-methyl/N-ethyl adjacent to an activating group) is 1. The van der Waals surface area contributed by atoms with Crippen LogP contribution in [0.1, 0.15) is 25.3 Å². The van der Waals surface area contributed by atoms with Crippen molar-refractivity contribution in [3.63, 3.8) is 0 Å². The van der Waals surface area contributed by atoms with Crippen LogP contribution in [0.15, 0.2) is 24.3 Å². The van der Waals surface area contributed by atoms with Crippen LogP contribution in [-0.4, -0.2) is 36.1 Å². The van der Waals surface area contributed by atoms with E-state index in [0.717, 1.165) is 12.1 Å². The molecule has 1 N–H and O–H groups in total. The zero-order valence-electron chi connectivity index (χ0n) is 11.1. The van der Waals surface area contributed by atoms with Crippen molar-refractivity contribution in [3.8, 4) is 0 Å². The summed E-state index contributed by atoms with van der Waals surface area (Å²) in [5.41, 5.74) is 1.06. The molecule has 0 aromatic heterocycles. The van der Waals surface area contributed by atoms with E-state index in [1.807, 2.05) is 11.9 Å². The summed E-state index contributed by atoms with van der Waals surface area (Å²) < 4.78 is 12.8. The lowest BCUT2D eigenvalue weighted by Gasteiger charge is -2.23. The topological polar surface area (TPSA) is 40.5 Å². The van der Waals surface area contributed by atoms with Gasteiger partial charge in [-0.25, -0.2) is 4.39 Å². The zero-order valence-corrected chi connectivity index (χ0v) is 11.1. The third kappa shape index (κ3) is 4.45. The highest BCUT2D eigenvalue weighted by Crippen LogP contribution is 2.17. The van der Waals surface area contributed by atoms with Crippen molar-refractivity contribution in [2.24, 2.45) is 5.92 Å². The molecule has 1 aromatic rings. The number of carbonyl (C=O) groups is 1. The second-order valence-corrected chi connectivity index (χ2v) is 4.91. The maximum absolute atomic E-state index is 12.8. The molecule has 0 saturated carbocycles. The van der Waals surface area contributed by atoms with Crippen LogP contribution in [0.2, 0.25) is 0 Å². The summed E-state index contributed by atoms with van der Waals surface area (Å²) in [7, 11) is 1.90. The largest absolute Gasteiger partial charge is 0.481 e. The molecular formula is C14H20FNO2. The fourth-order valence-electron chi connectivity index (χ4n) is 1.98. The summed E-state index contributed by atoms with van der Waals surface area (Å²) in [6.45, 7) is 5.01. The molecule has 0 saturated heterocycles. The summed E-state index contributed by atoms with van der Waals surface area (Å²) in [6, 6.07) is 6.44. The van der Waals surface area contributed by atoms with Crippen LogP contribution in [0.5, 0.6) is 0 Å². The lowest BCUT2D eigenvalue weighted by atomic mass is 10.0. The Morgan fingerprint density at radius 1 is 1.28 bits per heavy atom. The van der Waals surface area contributed by atoms with Gasteiger partial charge in [-0.15, -0.1) is 0 Å². The number of hydrogen-bond donors (Lipinski definition) is 1. The Bertz CT molecular complexity index is 391. The second-order valence-electron chi connectivity index (χ2n) is 4.91. The van der Waals surface area contributed by atoms with Gasteiger partial charge in [-0.3, -0.25) is 4.79 Å². The van der Waals surface area contributed by atoms with Crippen molar-refractivity contribution >= 4 is 5.97 Å². The third-order valence-corrected chi connectivity index (χ3v) is 3.03. The molecule has 0 aliphatic carbocycles. The normalized spacial score (nSPS) is 14.5. The molecule has 0 amide bonds. The van der Waals surface area contributed by atoms with Gasteiger partial charge in [0.05, 0.1) is 5.92 Å². The molecule has 0 aliphatic rings. The van der Waals surface area contributed by atoms with Gasteiger partial charge < -0.3 is 10.0 Å². The summed E-state index contributed by atoms with van der Waals surface area (Å²) in [5, 5.41) is 8.84. The van der Waals surface area contributed by atoms with Crippen LogP contribution >= 0.6 is 0 Å². The smallest absolute Gasteiger partial charge is 0.307 e. The average molecular weight is 253 g/mol. The molecule has 1 rings (SSSR count). The van der Waals surface area contributed by atoms with Gasteiger partial charge in [0.25, 0.3) is 0 Å². The Hall–Kier alpha value is -1.42. The minimum Gasteiger partial charge on any atom is -0.481 e. The minimum atomic E-state index is -0.781. The summed E-state index contributed by atoms with van der Waals surface area (Å²) in [6.07, 6.45) is 0. The van der Waals surface area contributed by atoms with Crippen LogP contribution in [0.25, 0.3) is 0 Å². The van der Waals surface area contributed by atoms with Crippen molar-refractivity contribution in [2.75, 3.05) is 20.1 Å². The van der Waals surface area contributed by atoms with Gasteiger partial charge >= 0.3 is 5.97 Å². The van der Waals surface area contributed by atoms with E-state index in [0.29, 0.717) is 6.54 Å². The molecule has 0 radical (unpaired) electrons. The number of carboxylic acids is 1. The molecule has 3 nitrogen and oxygen atoms in total. The molecule has 0 fully saturated rings. The van der Waals surface area contributed by atoms with Crippen LogP contribution in [0, 0.1) is 11.7 Å². The highest BCUT2D eigenvalue weighted by molar-refractivity contribution is 5.69. The number of rotatable bonds is 6. The predicted octanol–water partition coefficient (Wildman–Crippen LogP) is 2.58. The van der Waals surface area contributed by atoms with Crippen LogP contribution < -0.4 is 0 Å². The molecule has 100 valence electrons. The van der Waals surface area contributed by atoms with Crippen molar-refractivity contribution in [2.45, 2.75) is 19.8 Å². The van der Waals surface area contributed by atoms with Crippen molar-refractivity contribution in [1.82, 2.24) is 4.90 Å². The molecule has 1 aromatic carbocycles. The first-order valence-electron chi connectivity index (χ1n) is 6.07. The van der Waals surface area contributed by atoms with Crippen molar-refractivity contribution in [1.29, 1.82) is 0 Å². The first-order valence-corrected chi connectivity index (χ1v) is 6.07. The first-order chi connectivity index (χ1) is 8.40. The fourth-order valence-corrected chi connectivity index (χ4v) is 1.98. The van der Waals surface area contributed by atoms with E-state index in [4.69, 9.17) is 5.11 Å². The number of aliphatic carboxylic acids is 1. The van der Waals surface area contributed by atoms with Gasteiger partial charge in [0.1, 0.15) is 5.82 Å². The van der Waals surface area contributed by atoms with E-state index in [1.54, 1.807) is 19.1 Å². The molecule has 18 heavy (non-hydrogen) atoms. The zero-order chi connectivity index (χ0) is 13.7. The number of nitrogens with zero attached hydrogens (tertiary/aromatic N) is 1. The average Bonchev–Trinajstić information content (AvgIpc) is 2.29. The summed E-state index contributed by atoms with van der Waals surface area (Å²) >= 11 is 0. The Labute approximate surface area is 107 Å². The molecule has 2 atom stereocenters. The third-order valence-electron chi connectivity index (χ3n) is 3.03. The molecule has 0 spiro atoms. The minimum absolute atomic E-state index is 0.237. The first kappa shape index (κ1) is 14.6. The standard InChI is InChI=1S/C14H20FNO2/c1-10(12-4-6-13(15)7-5-12)8-16(3)9-11(2)14(17)18/h4-7,10-11H,8-9H2,1-3H3,(H,17,18). The summed E-state index contributed by atoms with van der Waals surface area (Å²) in [5.74, 6) is -1.15. The van der Waals surface area contributed by atoms with Gasteiger partial charge in [0, 0.05) is 13.1 Å². The highest BCUT2D eigenvalue weighted by Gasteiger charge is 2.15. The number of carboxylic acid groups (broad SMARTS) is 1. The van der Waals surface area contributed by atoms with Crippen LogP contribution in [0.3, 0.4) is 0 Å². The molecule has 2 unspecified atom stereocenters. The van der Waals surface area contributed by atoms with Gasteiger partial charge in [0.15, 0.2) is 0 Å². The Balaban J connectivity index is 2.51. The molecular weight excluding hydrogens is 233 g/mol. The lowest BCUT2D eigenvalue weighted by Crippen LogP contribution is -2.31. The van der Waals surface area contributed by atoms with Gasteiger partial charge in [-0.05, 0) is 30.7 Å². The maximum atomic E-state index is 12.8. The Morgan fingerprint density at radius 3 is 2.33 bits per heavy atom. The predicted molar refractivity (Wildman–Crippen MR) is 69.1 cm³/mol. The van der Waals surface area contributed by atoms with E-state index >= 15 is 0 Å². The van der Waals surface area contributed by atoms with E-state index in [9.17, 15) is 9.18 Å². The number of benzene rings is 1. The van der Waals surface area contributed by atoms with Crippen LogP contribution in [-0.2, 0) is 4.79 Å². The van der Waals surface area contributed by atoms with Crippen molar-refractivity contribution in [3.05, 3.63) is 35.6 Å². The van der Waals surface area contributed by atoms with Crippen LogP contribution in [0.4, 0.5) is 4.39 Å². The molecule has 0 bridgehead atoms. The maximum Gasteiger partial charge on any atom is 0.307 e. The van der Waals surface area contributed by atoms with E-state index in [2.05, 4.69) is 6.92 Å². The SMILES string of the molecule is CC(CN(C)CC(C)c1ccc(F)cc1)C(=O)O. The monoisotopic (exact) mass is 253 g/mol. The van der Waals surface area contributed by atoms with E-state index in [-0.39, 0.29) is 17.7 Å². The number of halogens is 1. The van der Waals surface area contributed by atoms with Gasteiger partial charge in [-0.1, -0.05) is 26.0 Å². The molecule has 0 heterocycles. The highest BCUT2D eigenvalue weighted by atomic mass is 19.1. The fraction of sp³-hybridized carbons (Fsp3) is 0.500. The molecule has 4 heteroatoms. The second kappa shape index (κ2) is 6.50. The Morgan fingerprint density at radius 2 is 1.83 bits per heavy atom. The van der Waals surface area contributed by atoms with Gasteiger partial charge in [-0.2, -0.15) is 0 Å². The lowest BCUT2D eigenvalue weighted by molar-refractivity contribution is -0.141. The quantitative estimate of drug-likeness (QED) is 0.847. The Kier molecular flexibility index (Phi) is 5.28. The van der Waals surface area contributed by atoms with Gasteiger partial charge in [0.2, 0.25) is 0 Å². The summed E-state index contributed by atoms with van der Waals surface area (Å²) in [4.78, 5) is 12.8. The van der Waals surface area contributed by atoms with E-state index in [1.165, 1.54) is 12.1 Å². The molecule has 0 aliphatic heterocycles. The number of hydrogen-bond acceptors (Lipinski definition) is 2. The van der Waals surface area contributed by atoms with Crippen molar-refractivity contribution < 1.29 is 14.3 Å². The van der Waals surface area contributed by atoms with E-state index < -0.39 is 5.97 Å².